The lowest BCUT2D eigenvalue weighted by atomic mass is 10.1. The Bertz CT molecular complexity index is 1040. The van der Waals surface area contributed by atoms with E-state index in [4.69, 9.17) is 16.3 Å². The molecule has 0 saturated carbocycles. The van der Waals surface area contributed by atoms with E-state index in [0.717, 1.165) is 16.1 Å². The number of halogens is 1. The average Bonchev–Trinajstić information content (AvgIpc) is 2.77. The minimum atomic E-state index is -3.78. The van der Waals surface area contributed by atoms with Gasteiger partial charge in [-0.25, -0.2) is 8.42 Å². The quantitative estimate of drug-likeness (QED) is 0.562. The highest BCUT2D eigenvalue weighted by molar-refractivity contribution is 7.92. The summed E-state index contributed by atoms with van der Waals surface area (Å²) < 4.78 is 31.2. The fourth-order valence-corrected chi connectivity index (χ4v) is 4.25. The largest absolute Gasteiger partial charge is 0.497 e. The summed E-state index contributed by atoms with van der Waals surface area (Å²) in [6, 6.07) is 12.5. The SMILES string of the molecule is CCC(C(=O)NC)N(Cc1cccc(OC)c1)C(=O)CN(c1ccc(Cl)cc1)S(C)(=O)=O. The molecule has 0 aliphatic heterocycles. The standard InChI is InChI=1S/C22H28ClN3O5S/c1-5-20(22(28)24-2)25(14-16-7-6-8-19(13-16)31-3)21(27)15-26(32(4,29)30)18-11-9-17(23)10-12-18/h6-13,20H,5,14-15H2,1-4H3,(H,24,28). The Morgan fingerprint density at radius 2 is 1.81 bits per heavy atom. The van der Waals surface area contributed by atoms with Crippen LogP contribution in [0.5, 0.6) is 5.75 Å². The summed E-state index contributed by atoms with van der Waals surface area (Å²) in [4.78, 5) is 27.3. The van der Waals surface area contributed by atoms with Crippen molar-refractivity contribution in [3.63, 3.8) is 0 Å². The lowest BCUT2D eigenvalue weighted by Crippen LogP contribution is -2.51. The Balaban J connectivity index is 2.42. The number of anilines is 1. The third-order valence-corrected chi connectivity index (χ3v) is 6.31. The van der Waals surface area contributed by atoms with Crippen LogP contribution in [-0.2, 0) is 26.2 Å². The monoisotopic (exact) mass is 481 g/mol. The maximum Gasteiger partial charge on any atom is 0.244 e. The normalized spacial score (nSPS) is 12.0. The molecule has 0 aliphatic carbocycles. The van der Waals surface area contributed by atoms with Crippen molar-refractivity contribution in [2.45, 2.75) is 25.9 Å². The van der Waals surface area contributed by atoms with Crippen LogP contribution in [0.4, 0.5) is 5.69 Å². The molecule has 0 bridgehead atoms. The molecule has 0 aromatic heterocycles. The summed E-state index contributed by atoms with van der Waals surface area (Å²) in [6.45, 7) is 1.44. The first-order valence-corrected chi connectivity index (χ1v) is 12.2. The molecule has 2 aromatic carbocycles. The Hall–Kier alpha value is -2.78. The van der Waals surface area contributed by atoms with Crippen LogP contribution in [0.3, 0.4) is 0 Å². The predicted octanol–water partition coefficient (Wildman–Crippen LogP) is 2.67. The zero-order valence-electron chi connectivity index (χ0n) is 18.5. The molecule has 10 heteroatoms. The minimum Gasteiger partial charge on any atom is -0.497 e. The van der Waals surface area contributed by atoms with E-state index in [0.29, 0.717) is 22.9 Å². The highest BCUT2D eigenvalue weighted by atomic mass is 35.5. The molecule has 0 fully saturated rings. The van der Waals surface area contributed by atoms with Crippen molar-refractivity contribution in [3.05, 3.63) is 59.1 Å². The molecular formula is C22H28ClN3O5S. The van der Waals surface area contributed by atoms with Crippen molar-refractivity contribution in [1.29, 1.82) is 0 Å². The highest BCUT2D eigenvalue weighted by Gasteiger charge is 2.31. The van der Waals surface area contributed by atoms with Crippen molar-refractivity contribution in [2.75, 3.05) is 31.3 Å². The van der Waals surface area contributed by atoms with Gasteiger partial charge < -0.3 is 15.0 Å². The van der Waals surface area contributed by atoms with Crippen LogP contribution in [0.15, 0.2) is 48.5 Å². The van der Waals surface area contributed by atoms with Crippen LogP contribution in [-0.4, -0.2) is 58.1 Å². The molecule has 1 atom stereocenters. The van der Waals surface area contributed by atoms with Crippen LogP contribution in [0.2, 0.25) is 5.02 Å². The van der Waals surface area contributed by atoms with E-state index in [2.05, 4.69) is 5.32 Å². The number of nitrogens with zero attached hydrogens (tertiary/aromatic N) is 2. The van der Waals surface area contributed by atoms with Gasteiger partial charge in [0.1, 0.15) is 18.3 Å². The van der Waals surface area contributed by atoms with E-state index in [-0.39, 0.29) is 12.5 Å². The predicted molar refractivity (Wildman–Crippen MR) is 125 cm³/mol. The number of hydrogen-bond acceptors (Lipinski definition) is 5. The number of carbonyl (C=O) groups is 2. The summed E-state index contributed by atoms with van der Waals surface area (Å²) in [5.41, 5.74) is 1.05. The second-order valence-electron chi connectivity index (χ2n) is 7.16. The molecule has 2 rings (SSSR count). The van der Waals surface area contributed by atoms with Crippen molar-refractivity contribution in [3.8, 4) is 5.75 Å². The number of carbonyl (C=O) groups excluding carboxylic acids is 2. The lowest BCUT2D eigenvalue weighted by molar-refractivity contribution is -0.140. The summed E-state index contributed by atoms with van der Waals surface area (Å²) in [7, 11) is -0.744. The van der Waals surface area contributed by atoms with Gasteiger partial charge in [0.25, 0.3) is 0 Å². The van der Waals surface area contributed by atoms with Crippen molar-refractivity contribution in [1.82, 2.24) is 10.2 Å². The zero-order valence-corrected chi connectivity index (χ0v) is 20.1. The highest BCUT2D eigenvalue weighted by Crippen LogP contribution is 2.22. The number of ether oxygens (including phenoxy) is 1. The molecule has 0 radical (unpaired) electrons. The van der Waals surface area contributed by atoms with E-state index < -0.39 is 28.5 Å². The first-order chi connectivity index (χ1) is 15.1. The van der Waals surface area contributed by atoms with Gasteiger partial charge in [-0.3, -0.25) is 13.9 Å². The first-order valence-electron chi connectivity index (χ1n) is 9.98. The van der Waals surface area contributed by atoms with Gasteiger partial charge in [0, 0.05) is 18.6 Å². The smallest absolute Gasteiger partial charge is 0.244 e. The number of nitrogens with one attached hydrogen (secondary N) is 1. The van der Waals surface area contributed by atoms with E-state index in [9.17, 15) is 18.0 Å². The van der Waals surface area contributed by atoms with E-state index >= 15 is 0 Å². The van der Waals surface area contributed by atoms with Gasteiger partial charge in [-0.15, -0.1) is 0 Å². The van der Waals surface area contributed by atoms with Crippen molar-refractivity contribution < 1.29 is 22.7 Å². The molecule has 0 aliphatic rings. The minimum absolute atomic E-state index is 0.111. The molecule has 1 N–H and O–H groups in total. The van der Waals surface area contributed by atoms with Crippen LogP contribution >= 0.6 is 11.6 Å². The summed E-state index contributed by atoms with van der Waals surface area (Å²) in [5.74, 6) is -0.230. The number of hydrogen-bond donors (Lipinski definition) is 1. The van der Waals surface area contributed by atoms with E-state index in [1.54, 1.807) is 37.3 Å². The molecule has 32 heavy (non-hydrogen) atoms. The Morgan fingerprint density at radius 3 is 2.34 bits per heavy atom. The number of rotatable bonds is 10. The molecule has 0 spiro atoms. The lowest BCUT2D eigenvalue weighted by Gasteiger charge is -2.32. The molecule has 2 amide bonds. The van der Waals surface area contributed by atoms with Crippen LogP contribution in [0.1, 0.15) is 18.9 Å². The van der Waals surface area contributed by atoms with Gasteiger partial charge in [0.2, 0.25) is 21.8 Å². The van der Waals surface area contributed by atoms with Gasteiger partial charge in [0.05, 0.1) is 19.1 Å². The van der Waals surface area contributed by atoms with Gasteiger partial charge in [0.15, 0.2) is 0 Å². The first kappa shape index (κ1) is 25.5. The average molecular weight is 482 g/mol. The van der Waals surface area contributed by atoms with Crippen LogP contribution < -0.4 is 14.4 Å². The van der Waals surface area contributed by atoms with Gasteiger partial charge >= 0.3 is 0 Å². The molecule has 0 heterocycles. The molecule has 8 nitrogen and oxygen atoms in total. The molecular weight excluding hydrogens is 454 g/mol. The third-order valence-electron chi connectivity index (χ3n) is 4.91. The number of amides is 2. The van der Waals surface area contributed by atoms with Crippen molar-refractivity contribution in [2.24, 2.45) is 0 Å². The number of benzene rings is 2. The Labute approximate surface area is 194 Å². The molecule has 1 unspecified atom stereocenters. The van der Waals surface area contributed by atoms with Crippen LogP contribution in [0, 0.1) is 0 Å². The number of likely N-dealkylation sites (N-methyl/N-ethyl adjacent to an activating group) is 1. The summed E-state index contributed by atoms with van der Waals surface area (Å²) in [6.07, 6.45) is 1.38. The topological polar surface area (TPSA) is 96.0 Å². The zero-order chi connectivity index (χ0) is 23.9. The fourth-order valence-electron chi connectivity index (χ4n) is 3.27. The number of methoxy groups -OCH3 is 1. The van der Waals surface area contributed by atoms with E-state index in [1.807, 2.05) is 6.07 Å². The fraction of sp³-hybridized carbons (Fsp3) is 0.364. The summed E-state index contributed by atoms with van der Waals surface area (Å²) in [5, 5.41) is 3.02. The van der Waals surface area contributed by atoms with Gasteiger partial charge in [-0.2, -0.15) is 0 Å². The molecule has 174 valence electrons. The van der Waals surface area contributed by atoms with Crippen LogP contribution in [0.25, 0.3) is 0 Å². The third kappa shape index (κ3) is 6.61. The Kier molecular flexibility index (Phi) is 8.91. The van der Waals surface area contributed by atoms with Crippen molar-refractivity contribution >= 4 is 39.1 Å². The maximum atomic E-state index is 13.4. The second-order valence-corrected chi connectivity index (χ2v) is 9.50. The van der Waals surface area contributed by atoms with E-state index in [1.165, 1.54) is 31.2 Å². The Morgan fingerprint density at radius 1 is 1.16 bits per heavy atom. The maximum absolute atomic E-state index is 13.4. The van der Waals surface area contributed by atoms with Gasteiger partial charge in [-0.05, 0) is 48.4 Å². The molecule has 0 saturated heterocycles. The number of sulfonamides is 1. The second kappa shape index (κ2) is 11.2. The summed E-state index contributed by atoms with van der Waals surface area (Å²) >= 11 is 5.92. The van der Waals surface area contributed by atoms with Gasteiger partial charge in [-0.1, -0.05) is 30.7 Å². The molecule has 2 aromatic rings.